The van der Waals surface area contributed by atoms with Crippen molar-refractivity contribution < 1.29 is 14.5 Å². The van der Waals surface area contributed by atoms with Crippen molar-refractivity contribution in [3.05, 3.63) is 57.6 Å². The van der Waals surface area contributed by atoms with Crippen molar-refractivity contribution in [3.63, 3.8) is 0 Å². The summed E-state index contributed by atoms with van der Waals surface area (Å²) in [7, 11) is 1.64. The molecule has 2 aromatic rings. The second kappa shape index (κ2) is 10.9. The van der Waals surface area contributed by atoms with Crippen LogP contribution in [0.3, 0.4) is 0 Å². The molecule has 0 saturated carbocycles. The average molecular weight is 485 g/mol. The predicted octanol–water partition coefficient (Wildman–Crippen LogP) is 5.35. The first-order valence-electron chi connectivity index (χ1n) is 11.3. The van der Waals surface area contributed by atoms with Crippen LogP contribution in [0.25, 0.3) is 0 Å². The van der Waals surface area contributed by atoms with E-state index in [-0.39, 0.29) is 22.9 Å². The minimum absolute atomic E-state index is 0.0214. The standard InChI is InChI=1S/C25H32N4O4S/c1-6-11-28-22-13-23(33-5)18(12-21(22)17(2)14-25(28,3)4)15-26-27-24(30)16-34-20-9-7-19(8-10-20)29(31)32/h7-10,12-13,15,17H,6,11,14,16H2,1-5H3,(H,27,30)/b26-15-. The Morgan fingerprint density at radius 2 is 2.06 bits per heavy atom. The lowest BCUT2D eigenvalue weighted by Gasteiger charge is -2.47. The lowest BCUT2D eigenvalue weighted by atomic mass is 9.79. The molecule has 1 amide bonds. The zero-order valence-electron chi connectivity index (χ0n) is 20.3. The van der Waals surface area contributed by atoms with Gasteiger partial charge in [-0.1, -0.05) is 13.8 Å². The lowest BCUT2D eigenvalue weighted by Crippen LogP contribution is -2.48. The van der Waals surface area contributed by atoms with E-state index in [1.165, 1.54) is 35.1 Å². The molecule has 0 saturated heterocycles. The molecule has 1 N–H and O–H groups in total. The van der Waals surface area contributed by atoms with E-state index in [4.69, 9.17) is 4.74 Å². The van der Waals surface area contributed by atoms with Crippen LogP contribution in [0.2, 0.25) is 0 Å². The summed E-state index contributed by atoms with van der Waals surface area (Å²) in [4.78, 5) is 25.7. The molecule has 1 atom stereocenters. The maximum atomic E-state index is 12.2. The van der Waals surface area contributed by atoms with Gasteiger partial charge in [0, 0.05) is 46.4 Å². The van der Waals surface area contributed by atoms with Gasteiger partial charge in [0.05, 0.1) is 24.0 Å². The van der Waals surface area contributed by atoms with E-state index in [9.17, 15) is 14.9 Å². The first-order chi connectivity index (χ1) is 16.2. The summed E-state index contributed by atoms with van der Waals surface area (Å²) in [5.74, 6) is 0.988. The van der Waals surface area contributed by atoms with Gasteiger partial charge in [0.25, 0.3) is 5.69 Å². The van der Waals surface area contributed by atoms with Crippen LogP contribution in [0.4, 0.5) is 11.4 Å². The van der Waals surface area contributed by atoms with Crippen LogP contribution in [-0.2, 0) is 4.79 Å². The number of nitrogens with one attached hydrogen (secondary N) is 1. The molecule has 1 aliphatic rings. The van der Waals surface area contributed by atoms with Crippen LogP contribution in [0.1, 0.15) is 57.6 Å². The summed E-state index contributed by atoms with van der Waals surface area (Å²) in [6, 6.07) is 10.3. The number of thioether (sulfide) groups is 1. The number of hydrogen-bond acceptors (Lipinski definition) is 7. The van der Waals surface area contributed by atoms with Gasteiger partial charge in [-0.15, -0.1) is 11.8 Å². The van der Waals surface area contributed by atoms with Crippen LogP contribution in [0, 0.1) is 10.1 Å². The van der Waals surface area contributed by atoms with E-state index in [0.717, 1.165) is 29.8 Å². The van der Waals surface area contributed by atoms with E-state index in [2.05, 4.69) is 55.3 Å². The van der Waals surface area contributed by atoms with Gasteiger partial charge in [0.2, 0.25) is 5.91 Å². The number of nitro benzene ring substituents is 1. The maximum absolute atomic E-state index is 12.2. The monoisotopic (exact) mass is 484 g/mol. The smallest absolute Gasteiger partial charge is 0.269 e. The number of carbonyl (C=O) groups excluding carboxylic acids is 1. The molecular formula is C25H32N4O4S. The van der Waals surface area contributed by atoms with Gasteiger partial charge in [0.1, 0.15) is 5.75 Å². The quantitative estimate of drug-likeness (QED) is 0.223. The van der Waals surface area contributed by atoms with Gasteiger partial charge in [-0.25, -0.2) is 5.43 Å². The Morgan fingerprint density at radius 1 is 1.35 bits per heavy atom. The topological polar surface area (TPSA) is 97.1 Å². The van der Waals surface area contributed by atoms with Gasteiger partial charge in [0.15, 0.2) is 0 Å². The third-order valence-electron chi connectivity index (χ3n) is 5.99. The lowest BCUT2D eigenvalue weighted by molar-refractivity contribution is -0.384. The number of anilines is 1. The summed E-state index contributed by atoms with van der Waals surface area (Å²) < 4.78 is 5.65. The van der Waals surface area contributed by atoms with E-state index in [1.54, 1.807) is 25.5 Å². The Labute approximate surface area is 204 Å². The zero-order chi connectivity index (χ0) is 24.9. The molecule has 1 aliphatic heterocycles. The number of fused-ring (bicyclic) bond motifs is 1. The fourth-order valence-electron chi connectivity index (χ4n) is 4.47. The van der Waals surface area contributed by atoms with Crippen molar-refractivity contribution in [1.82, 2.24) is 5.43 Å². The van der Waals surface area contributed by atoms with Crippen LogP contribution in [-0.4, -0.2) is 42.0 Å². The number of amides is 1. The fraction of sp³-hybridized carbons (Fsp3) is 0.440. The number of ether oxygens (including phenoxy) is 1. The van der Waals surface area contributed by atoms with Gasteiger partial charge in [-0.05, 0) is 56.4 Å². The molecule has 0 aliphatic carbocycles. The van der Waals surface area contributed by atoms with E-state index >= 15 is 0 Å². The highest BCUT2D eigenvalue weighted by Crippen LogP contribution is 2.45. The SMILES string of the molecule is CCCN1c2cc(OC)c(/C=N\NC(=O)CSc3ccc([N+](=O)[O-])cc3)cc2C(C)CC1(C)C. The largest absolute Gasteiger partial charge is 0.496 e. The molecule has 3 rings (SSSR count). The van der Waals surface area contributed by atoms with Crippen molar-refractivity contribution in [3.8, 4) is 5.75 Å². The Kier molecular flexibility index (Phi) is 8.19. The number of hydrazone groups is 1. The minimum atomic E-state index is -0.451. The Balaban J connectivity index is 1.69. The first-order valence-corrected chi connectivity index (χ1v) is 12.3. The highest BCUT2D eigenvalue weighted by molar-refractivity contribution is 8.00. The number of carbonyl (C=O) groups is 1. The summed E-state index contributed by atoms with van der Waals surface area (Å²) >= 11 is 1.29. The number of methoxy groups -OCH3 is 1. The van der Waals surface area contributed by atoms with Crippen molar-refractivity contribution >= 4 is 35.3 Å². The van der Waals surface area contributed by atoms with E-state index < -0.39 is 4.92 Å². The van der Waals surface area contributed by atoms with Gasteiger partial charge in [-0.3, -0.25) is 14.9 Å². The number of non-ortho nitro benzene ring substituents is 1. The van der Waals surface area contributed by atoms with E-state index in [0.29, 0.717) is 11.7 Å². The molecule has 0 aromatic heterocycles. The summed E-state index contributed by atoms with van der Waals surface area (Å²) in [5, 5.41) is 14.9. The van der Waals surface area contributed by atoms with Gasteiger partial charge < -0.3 is 9.64 Å². The van der Waals surface area contributed by atoms with Crippen LogP contribution in [0.5, 0.6) is 5.75 Å². The molecule has 1 unspecified atom stereocenters. The second-order valence-corrected chi connectivity index (χ2v) is 10.1. The minimum Gasteiger partial charge on any atom is -0.496 e. The summed E-state index contributed by atoms with van der Waals surface area (Å²) in [6.45, 7) is 9.98. The molecule has 8 nitrogen and oxygen atoms in total. The first kappa shape index (κ1) is 25.6. The van der Waals surface area contributed by atoms with Crippen LogP contribution < -0.4 is 15.1 Å². The average Bonchev–Trinajstić information content (AvgIpc) is 2.80. The molecular weight excluding hydrogens is 452 g/mol. The molecule has 0 bridgehead atoms. The normalized spacial score (nSPS) is 16.9. The number of rotatable bonds is 9. The molecule has 0 fully saturated rings. The van der Waals surface area contributed by atoms with Crippen LogP contribution >= 0.6 is 11.8 Å². The van der Waals surface area contributed by atoms with E-state index in [1.807, 2.05) is 0 Å². The number of nitrogens with zero attached hydrogens (tertiary/aromatic N) is 3. The maximum Gasteiger partial charge on any atom is 0.269 e. The third kappa shape index (κ3) is 5.88. The highest BCUT2D eigenvalue weighted by Gasteiger charge is 2.36. The molecule has 1 heterocycles. The Hall–Kier alpha value is -3.07. The second-order valence-electron chi connectivity index (χ2n) is 9.06. The van der Waals surface area contributed by atoms with Crippen molar-refractivity contribution in [2.45, 2.75) is 56.9 Å². The molecule has 34 heavy (non-hydrogen) atoms. The van der Waals surface area contributed by atoms with Crippen molar-refractivity contribution in [2.24, 2.45) is 5.10 Å². The van der Waals surface area contributed by atoms with Crippen molar-refractivity contribution in [2.75, 3.05) is 24.3 Å². The Bertz CT molecular complexity index is 1070. The molecule has 182 valence electrons. The molecule has 0 spiro atoms. The zero-order valence-corrected chi connectivity index (χ0v) is 21.1. The highest BCUT2D eigenvalue weighted by atomic mass is 32.2. The molecule has 0 radical (unpaired) electrons. The summed E-state index contributed by atoms with van der Waals surface area (Å²) in [6.07, 6.45) is 3.73. The van der Waals surface area contributed by atoms with Gasteiger partial charge >= 0.3 is 0 Å². The fourth-order valence-corrected chi connectivity index (χ4v) is 5.16. The van der Waals surface area contributed by atoms with Crippen molar-refractivity contribution in [1.29, 1.82) is 0 Å². The summed E-state index contributed by atoms with van der Waals surface area (Å²) in [5.41, 5.74) is 5.91. The van der Waals surface area contributed by atoms with Crippen LogP contribution in [0.15, 0.2) is 46.4 Å². The predicted molar refractivity (Wildman–Crippen MR) is 137 cm³/mol. The molecule has 9 heteroatoms. The van der Waals surface area contributed by atoms with Gasteiger partial charge in [-0.2, -0.15) is 5.10 Å². The Morgan fingerprint density at radius 3 is 2.68 bits per heavy atom. The number of benzene rings is 2. The number of hydrogen-bond donors (Lipinski definition) is 1. The number of nitro groups is 1. The molecule has 2 aromatic carbocycles. The third-order valence-corrected chi connectivity index (χ3v) is 7.01.